The van der Waals surface area contributed by atoms with Gasteiger partial charge in [-0.15, -0.1) is 0 Å². The van der Waals surface area contributed by atoms with Crippen LogP contribution in [0, 0.1) is 17.8 Å². The second-order valence-electron chi connectivity index (χ2n) is 5.80. The summed E-state index contributed by atoms with van der Waals surface area (Å²) < 4.78 is 0. The van der Waals surface area contributed by atoms with Gasteiger partial charge in [0.1, 0.15) is 0 Å². The van der Waals surface area contributed by atoms with Gasteiger partial charge >= 0.3 is 0 Å². The lowest BCUT2D eigenvalue weighted by Gasteiger charge is -2.54. The van der Waals surface area contributed by atoms with Crippen molar-refractivity contribution in [3.63, 3.8) is 0 Å². The van der Waals surface area contributed by atoms with E-state index in [0.717, 1.165) is 11.8 Å². The van der Waals surface area contributed by atoms with Crippen molar-refractivity contribution in [1.29, 1.82) is 0 Å². The van der Waals surface area contributed by atoms with Gasteiger partial charge in [0.25, 0.3) is 0 Å². The predicted octanol–water partition coefficient (Wildman–Crippen LogP) is 1.63. The fourth-order valence-electron chi connectivity index (χ4n) is 4.68. The molecule has 1 aromatic carbocycles. The first-order valence-corrected chi connectivity index (χ1v) is 6.25. The number of carbonyl (C=O) groups is 1. The SMILES string of the molecule is O=C1N[C@H]2[C@H]1[C@@H]1c3ccccc3[C@@H]2[C@H]2C[C@H]21. The zero-order valence-electron chi connectivity index (χ0n) is 8.89. The van der Waals surface area contributed by atoms with Crippen molar-refractivity contribution in [3.8, 4) is 0 Å². The first-order chi connectivity index (χ1) is 7.86. The Kier molecular flexibility index (Phi) is 1.08. The Morgan fingerprint density at radius 1 is 1.00 bits per heavy atom. The molecule has 5 aliphatic rings. The van der Waals surface area contributed by atoms with Crippen molar-refractivity contribution in [3.05, 3.63) is 35.4 Å². The summed E-state index contributed by atoms with van der Waals surface area (Å²) in [6.45, 7) is 0. The molecule has 80 valence electrons. The van der Waals surface area contributed by atoms with Gasteiger partial charge in [0, 0.05) is 17.9 Å². The fourth-order valence-corrected chi connectivity index (χ4v) is 4.68. The van der Waals surface area contributed by atoms with Gasteiger partial charge in [0.15, 0.2) is 0 Å². The molecule has 1 aliphatic heterocycles. The molecule has 2 heteroatoms. The minimum Gasteiger partial charge on any atom is -0.352 e. The number of carbonyl (C=O) groups excluding carboxylic acids is 1. The molecule has 1 aromatic rings. The van der Waals surface area contributed by atoms with Crippen molar-refractivity contribution in [2.45, 2.75) is 24.3 Å². The molecule has 3 fully saturated rings. The molecule has 0 spiro atoms. The smallest absolute Gasteiger partial charge is 0.226 e. The Morgan fingerprint density at radius 2 is 1.69 bits per heavy atom. The number of β-lactam (4-membered cyclic amide) rings is 1. The molecule has 1 saturated heterocycles. The van der Waals surface area contributed by atoms with Crippen LogP contribution in [0.25, 0.3) is 0 Å². The highest BCUT2D eigenvalue weighted by Crippen LogP contribution is 2.70. The standard InChI is InChI=1S/C14H13NO/c16-14-12-10-6-3-1-2-4-7(6)11(13(12)15-14)9-5-8(9)10/h1-4,8-13H,5H2,(H,15,16)/t8-,9+,10-,11-,12-,13-/m1/s1. The Morgan fingerprint density at radius 3 is 2.44 bits per heavy atom. The van der Waals surface area contributed by atoms with Gasteiger partial charge in [-0.05, 0) is 29.4 Å². The maximum absolute atomic E-state index is 11.7. The Labute approximate surface area is 94.0 Å². The zero-order chi connectivity index (χ0) is 10.4. The number of rotatable bonds is 0. The number of benzene rings is 1. The van der Waals surface area contributed by atoms with E-state index in [1.807, 2.05) is 0 Å². The van der Waals surface area contributed by atoms with Crippen molar-refractivity contribution in [2.24, 2.45) is 17.8 Å². The summed E-state index contributed by atoms with van der Waals surface area (Å²) in [6.07, 6.45) is 1.35. The molecule has 1 N–H and O–H groups in total. The van der Waals surface area contributed by atoms with Crippen LogP contribution in [-0.4, -0.2) is 11.9 Å². The zero-order valence-corrected chi connectivity index (χ0v) is 8.89. The normalized spacial score (nSPS) is 49.6. The van der Waals surface area contributed by atoms with Crippen LogP contribution in [0.3, 0.4) is 0 Å². The van der Waals surface area contributed by atoms with Crippen LogP contribution < -0.4 is 5.32 Å². The topological polar surface area (TPSA) is 29.1 Å². The van der Waals surface area contributed by atoms with Crippen LogP contribution in [-0.2, 0) is 4.79 Å². The van der Waals surface area contributed by atoms with E-state index in [9.17, 15) is 4.79 Å². The van der Waals surface area contributed by atoms with E-state index in [1.165, 1.54) is 17.5 Å². The average Bonchev–Trinajstić information content (AvgIpc) is 3.07. The van der Waals surface area contributed by atoms with E-state index < -0.39 is 0 Å². The minimum atomic E-state index is 0.305. The van der Waals surface area contributed by atoms with E-state index in [4.69, 9.17) is 0 Å². The first kappa shape index (κ1) is 7.88. The van der Waals surface area contributed by atoms with Gasteiger partial charge in [0.05, 0.1) is 5.92 Å². The van der Waals surface area contributed by atoms with E-state index >= 15 is 0 Å². The quantitative estimate of drug-likeness (QED) is 0.649. The monoisotopic (exact) mass is 211 g/mol. The lowest BCUT2D eigenvalue weighted by molar-refractivity contribution is -0.140. The molecule has 2 bridgehead atoms. The Balaban J connectivity index is 1.79. The van der Waals surface area contributed by atoms with Crippen LogP contribution in [0.2, 0.25) is 0 Å². The molecule has 1 heterocycles. The lowest BCUT2D eigenvalue weighted by atomic mass is 9.56. The molecule has 0 unspecified atom stereocenters. The summed E-state index contributed by atoms with van der Waals surface area (Å²) in [4.78, 5) is 11.7. The summed E-state index contributed by atoms with van der Waals surface area (Å²) in [5.41, 5.74) is 3.02. The number of hydrogen-bond donors (Lipinski definition) is 1. The van der Waals surface area contributed by atoms with E-state index in [0.29, 0.717) is 29.7 Å². The molecule has 6 atom stereocenters. The number of hydrogen-bond acceptors (Lipinski definition) is 1. The highest BCUT2D eigenvalue weighted by molar-refractivity contribution is 5.89. The van der Waals surface area contributed by atoms with Gasteiger partial charge in [-0.3, -0.25) is 4.79 Å². The largest absolute Gasteiger partial charge is 0.352 e. The molecule has 6 rings (SSSR count). The predicted molar refractivity (Wildman–Crippen MR) is 58.9 cm³/mol. The molecule has 2 saturated carbocycles. The third kappa shape index (κ3) is 0.649. The molecule has 0 aromatic heterocycles. The molecule has 1 amide bonds. The van der Waals surface area contributed by atoms with Crippen LogP contribution in [0.15, 0.2) is 24.3 Å². The molecule has 2 nitrogen and oxygen atoms in total. The summed E-state index contributed by atoms with van der Waals surface area (Å²) in [6, 6.07) is 9.27. The van der Waals surface area contributed by atoms with Gasteiger partial charge in [0.2, 0.25) is 5.91 Å². The van der Waals surface area contributed by atoms with Crippen LogP contribution >= 0.6 is 0 Å². The minimum absolute atomic E-state index is 0.305. The molecule has 16 heavy (non-hydrogen) atoms. The average molecular weight is 211 g/mol. The molecule has 0 radical (unpaired) electrons. The third-order valence-corrected chi connectivity index (χ3v) is 5.30. The molecular weight excluding hydrogens is 198 g/mol. The maximum Gasteiger partial charge on any atom is 0.226 e. The van der Waals surface area contributed by atoms with E-state index in [1.54, 1.807) is 0 Å². The summed E-state index contributed by atoms with van der Waals surface area (Å²) >= 11 is 0. The maximum atomic E-state index is 11.7. The van der Waals surface area contributed by atoms with Crippen LogP contribution in [0.4, 0.5) is 0 Å². The van der Waals surface area contributed by atoms with Crippen molar-refractivity contribution in [1.82, 2.24) is 5.32 Å². The van der Waals surface area contributed by atoms with Crippen molar-refractivity contribution >= 4 is 5.91 Å². The second kappa shape index (κ2) is 2.20. The number of nitrogens with one attached hydrogen (secondary N) is 1. The van der Waals surface area contributed by atoms with Gasteiger partial charge in [-0.1, -0.05) is 24.3 Å². The highest BCUT2D eigenvalue weighted by Gasteiger charge is 2.68. The van der Waals surface area contributed by atoms with Crippen molar-refractivity contribution < 1.29 is 4.79 Å². The summed E-state index contributed by atoms with van der Waals surface area (Å²) in [5.74, 6) is 3.50. The first-order valence-electron chi connectivity index (χ1n) is 6.25. The molecular formula is C14H13NO. The van der Waals surface area contributed by atoms with Crippen molar-refractivity contribution in [2.75, 3.05) is 0 Å². The van der Waals surface area contributed by atoms with Gasteiger partial charge < -0.3 is 5.32 Å². The van der Waals surface area contributed by atoms with E-state index in [-0.39, 0.29) is 0 Å². The van der Waals surface area contributed by atoms with Gasteiger partial charge in [-0.2, -0.15) is 0 Å². The van der Waals surface area contributed by atoms with E-state index in [2.05, 4.69) is 29.6 Å². The number of amides is 1. The second-order valence-corrected chi connectivity index (χ2v) is 5.80. The van der Waals surface area contributed by atoms with Gasteiger partial charge in [-0.25, -0.2) is 0 Å². The van der Waals surface area contributed by atoms with Crippen LogP contribution in [0.5, 0.6) is 0 Å². The summed E-state index contributed by atoms with van der Waals surface area (Å²) in [7, 11) is 0. The third-order valence-electron chi connectivity index (χ3n) is 5.30. The summed E-state index contributed by atoms with van der Waals surface area (Å²) in [5, 5.41) is 3.14. The lowest BCUT2D eigenvalue weighted by Crippen LogP contribution is -2.67. The van der Waals surface area contributed by atoms with Crippen LogP contribution in [0.1, 0.15) is 29.4 Å². The molecule has 4 aliphatic carbocycles. The Bertz CT molecular complexity index is 523. The highest BCUT2D eigenvalue weighted by atomic mass is 16.2. The Hall–Kier alpha value is -1.31. The fraction of sp³-hybridized carbons (Fsp3) is 0.500.